The number of halogens is 1. The van der Waals surface area contributed by atoms with Crippen LogP contribution in [0.1, 0.15) is 93.3 Å². The monoisotopic (exact) mass is 599 g/mol. The van der Waals surface area contributed by atoms with Gasteiger partial charge in [-0.3, -0.25) is 9.80 Å². The van der Waals surface area contributed by atoms with Crippen LogP contribution in [0.5, 0.6) is 0 Å². The number of alkyl carbamates (subject to hydrolysis) is 1. The molecule has 1 saturated heterocycles. The van der Waals surface area contributed by atoms with Crippen molar-refractivity contribution in [2.75, 3.05) is 13.1 Å². The molecule has 2 saturated carbocycles. The van der Waals surface area contributed by atoms with E-state index in [1.165, 1.54) is 48.3 Å². The van der Waals surface area contributed by atoms with Crippen LogP contribution in [0.3, 0.4) is 0 Å². The number of aryl methyl sites for hydroxylation is 1. The van der Waals surface area contributed by atoms with Crippen LogP contribution in [0.25, 0.3) is 0 Å². The van der Waals surface area contributed by atoms with Gasteiger partial charge in [-0.25, -0.2) is 14.2 Å². The normalized spacial score (nSPS) is 27.0. The second kappa shape index (κ2) is 11.3. The van der Waals surface area contributed by atoms with Crippen molar-refractivity contribution in [3.05, 3.63) is 88.8 Å². The predicted molar refractivity (Wildman–Crippen MR) is 169 cm³/mol. The van der Waals surface area contributed by atoms with Crippen LogP contribution >= 0.6 is 0 Å². The Morgan fingerprint density at radius 1 is 1.16 bits per heavy atom. The Morgan fingerprint density at radius 2 is 1.98 bits per heavy atom. The van der Waals surface area contributed by atoms with Gasteiger partial charge in [0, 0.05) is 61.8 Å². The van der Waals surface area contributed by atoms with Crippen molar-refractivity contribution in [1.82, 2.24) is 24.7 Å². The van der Waals surface area contributed by atoms with Crippen LogP contribution < -0.4 is 5.32 Å². The van der Waals surface area contributed by atoms with Crippen molar-refractivity contribution in [2.24, 2.45) is 5.41 Å². The molecule has 7 rings (SSSR count). The first kappa shape index (κ1) is 29.5. The number of rotatable bonds is 8. The van der Waals surface area contributed by atoms with E-state index in [0.717, 1.165) is 50.4 Å². The first-order valence-corrected chi connectivity index (χ1v) is 16.4. The molecule has 44 heavy (non-hydrogen) atoms. The van der Waals surface area contributed by atoms with E-state index in [1.807, 2.05) is 26.8 Å². The van der Waals surface area contributed by atoms with E-state index in [4.69, 9.17) is 9.72 Å². The van der Waals surface area contributed by atoms with Gasteiger partial charge in [-0.1, -0.05) is 42.5 Å². The second-order valence-electron chi connectivity index (χ2n) is 14.5. The number of carbonyl (C=O) groups is 1. The van der Waals surface area contributed by atoms with Crippen LogP contribution in [0.2, 0.25) is 0 Å². The molecule has 5 atom stereocenters. The number of nitrogens with one attached hydrogen (secondary N) is 1. The fraction of sp³-hybridized carbons (Fsp3) is 0.556. The molecule has 3 aromatic rings. The van der Waals surface area contributed by atoms with E-state index in [2.05, 4.69) is 56.9 Å². The maximum absolute atomic E-state index is 14.2. The minimum atomic E-state index is -0.594. The number of fused-ring (bicyclic) bond motifs is 1. The number of imidazole rings is 1. The first-order chi connectivity index (χ1) is 21.1. The Hall–Kier alpha value is -3.23. The summed E-state index contributed by atoms with van der Waals surface area (Å²) in [6.45, 7) is 11.6. The van der Waals surface area contributed by atoms with Crippen molar-refractivity contribution in [3.63, 3.8) is 0 Å². The molecule has 1 aromatic heterocycles. The van der Waals surface area contributed by atoms with E-state index in [0.29, 0.717) is 30.0 Å². The van der Waals surface area contributed by atoms with Gasteiger partial charge in [0.1, 0.15) is 17.2 Å². The number of nitrogens with zero attached hydrogens (tertiary/aromatic N) is 4. The number of amides is 1. The van der Waals surface area contributed by atoms with Gasteiger partial charge in [-0.15, -0.1) is 0 Å². The molecular weight excluding hydrogens is 553 g/mol. The average molecular weight is 600 g/mol. The minimum Gasteiger partial charge on any atom is -0.444 e. The number of ether oxygens (including phenoxy) is 1. The maximum atomic E-state index is 14.2. The molecule has 2 aliphatic carbocycles. The van der Waals surface area contributed by atoms with Gasteiger partial charge in [0.15, 0.2) is 0 Å². The lowest BCUT2D eigenvalue weighted by atomic mass is 9.53. The Labute approximate surface area is 260 Å². The molecule has 8 heteroatoms. The summed E-state index contributed by atoms with van der Waals surface area (Å²) in [5, 5.41) is 3.04. The fourth-order valence-electron chi connectivity index (χ4n) is 8.86. The van der Waals surface area contributed by atoms with E-state index in [9.17, 15) is 9.18 Å². The van der Waals surface area contributed by atoms with Crippen LogP contribution in [-0.4, -0.2) is 56.2 Å². The second-order valence-corrected chi connectivity index (χ2v) is 14.5. The number of benzene rings is 2. The maximum Gasteiger partial charge on any atom is 0.408 e. The smallest absolute Gasteiger partial charge is 0.408 e. The molecule has 4 unspecified atom stereocenters. The quantitative estimate of drug-likeness (QED) is 0.312. The van der Waals surface area contributed by atoms with Crippen LogP contribution in [-0.2, 0) is 24.2 Å². The van der Waals surface area contributed by atoms with E-state index < -0.39 is 11.7 Å². The highest BCUT2D eigenvalue weighted by Crippen LogP contribution is 2.67. The molecular formula is C36H46FN5O2. The van der Waals surface area contributed by atoms with Crippen molar-refractivity contribution >= 4 is 6.09 Å². The van der Waals surface area contributed by atoms with Gasteiger partial charge in [0.05, 0.1) is 11.7 Å². The third-order valence-corrected chi connectivity index (χ3v) is 10.7. The van der Waals surface area contributed by atoms with Crippen molar-refractivity contribution < 1.29 is 13.9 Å². The lowest BCUT2D eigenvalue weighted by Crippen LogP contribution is -2.74. The standard InChI is InChI=1S/C36H46FN5O2/c1-24-38-30-23-40(22-25-9-6-5-7-10-25)17-15-31(30)42(24)28-20-33-36(21-28)16-13-32(36)41(33)18-14-29(26-11-8-12-27(37)19-26)39-34(43)44-35(2,3)4/h5-12,19,28-29,32-33H,13-18,20-23H2,1-4H3,(H,39,43)/t28?,29-,32?,33?,36?/m0/s1. The number of aromatic nitrogens is 2. The largest absolute Gasteiger partial charge is 0.444 e. The average Bonchev–Trinajstić information content (AvgIpc) is 3.50. The highest BCUT2D eigenvalue weighted by atomic mass is 19.1. The number of carbonyl (C=O) groups excluding carboxylic acids is 1. The zero-order valence-electron chi connectivity index (χ0n) is 26.6. The lowest BCUT2D eigenvalue weighted by molar-refractivity contribution is -0.188. The summed E-state index contributed by atoms with van der Waals surface area (Å²) in [6, 6.07) is 18.7. The van der Waals surface area contributed by atoms with E-state index >= 15 is 0 Å². The number of likely N-dealkylation sites (tertiary alicyclic amines) is 1. The van der Waals surface area contributed by atoms with E-state index in [1.54, 1.807) is 6.07 Å². The third kappa shape index (κ3) is 5.45. The summed E-state index contributed by atoms with van der Waals surface area (Å²) in [5.41, 5.74) is 4.66. The minimum absolute atomic E-state index is 0.290. The Balaban J connectivity index is 1.03. The molecule has 1 N–H and O–H groups in total. The molecule has 4 aliphatic rings. The van der Waals surface area contributed by atoms with Gasteiger partial charge in [-0.2, -0.15) is 0 Å². The fourth-order valence-corrected chi connectivity index (χ4v) is 8.86. The zero-order chi connectivity index (χ0) is 30.6. The van der Waals surface area contributed by atoms with Gasteiger partial charge in [0.2, 0.25) is 0 Å². The molecule has 3 fully saturated rings. The van der Waals surface area contributed by atoms with E-state index in [-0.39, 0.29) is 11.9 Å². The molecule has 2 aliphatic heterocycles. The summed E-state index contributed by atoms with van der Waals surface area (Å²) >= 11 is 0. The number of hydrogen-bond acceptors (Lipinski definition) is 5. The Bertz CT molecular complexity index is 1520. The molecule has 2 aromatic carbocycles. The molecule has 7 nitrogen and oxygen atoms in total. The summed E-state index contributed by atoms with van der Waals surface area (Å²) in [7, 11) is 0. The molecule has 3 heterocycles. The summed E-state index contributed by atoms with van der Waals surface area (Å²) < 4.78 is 22.4. The SMILES string of the molecule is Cc1nc2c(n1C1CC3N(CC[C@H](NC(=O)OC(C)(C)C)c4cccc(F)c4)C4CCC43C1)CCN(Cc1ccccc1)C2. The molecule has 1 amide bonds. The summed E-state index contributed by atoms with van der Waals surface area (Å²) in [6.07, 6.45) is 6.24. The van der Waals surface area contributed by atoms with Crippen molar-refractivity contribution in [2.45, 2.75) is 109 Å². The van der Waals surface area contributed by atoms with Crippen molar-refractivity contribution in [1.29, 1.82) is 0 Å². The number of hydrogen-bond donors (Lipinski definition) is 1. The van der Waals surface area contributed by atoms with Crippen molar-refractivity contribution in [3.8, 4) is 0 Å². The molecule has 0 bridgehead atoms. The van der Waals surface area contributed by atoms with Gasteiger partial charge in [-0.05, 0) is 83.1 Å². The molecule has 234 valence electrons. The highest BCUT2D eigenvalue weighted by Gasteiger charge is 2.69. The van der Waals surface area contributed by atoms with Gasteiger partial charge < -0.3 is 14.6 Å². The topological polar surface area (TPSA) is 62.6 Å². The van der Waals surface area contributed by atoms with Gasteiger partial charge in [0.25, 0.3) is 0 Å². The molecule has 1 spiro atoms. The van der Waals surface area contributed by atoms with Gasteiger partial charge >= 0.3 is 6.09 Å². The summed E-state index contributed by atoms with van der Waals surface area (Å²) in [4.78, 5) is 23.1. The van der Waals surface area contributed by atoms with Crippen LogP contribution in [0, 0.1) is 18.2 Å². The lowest BCUT2D eigenvalue weighted by Gasteiger charge is -2.68. The highest BCUT2D eigenvalue weighted by molar-refractivity contribution is 5.68. The summed E-state index contributed by atoms with van der Waals surface area (Å²) in [5.74, 6) is 0.871. The van der Waals surface area contributed by atoms with Crippen LogP contribution in [0.4, 0.5) is 9.18 Å². The number of piperidine rings is 1. The zero-order valence-corrected chi connectivity index (χ0v) is 26.6. The predicted octanol–water partition coefficient (Wildman–Crippen LogP) is 6.71. The Morgan fingerprint density at radius 3 is 2.70 bits per heavy atom. The Kier molecular flexibility index (Phi) is 7.56. The first-order valence-electron chi connectivity index (χ1n) is 16.4. The van der Waals surface area contributed by atoms with Crippen LogP contribution in [0.15, 0.2) is 54.6 Å². The molecule has 0 radical (unpaired) electrons. The third-order valence-electron chi connectivity index (χ3n) is 10.7.